The Hall–Kier alpha value is -0.280. The Morgan fingerprint density at radius 2 is 1.88 bits per heavy atom. The summed E-state index contributed by atoms with van der Waals surface area (Å²) in [5, 5.41) is 0. The van der Waals surface area contributed by atoms with Crippen LogP contribution in [0, 0.1) is 5.92 Å². The van der Waals surface area contributed by atoms with Crippen LogP contribution in [0.5, 0.6) is 0 Å². The van der Waals surface area contributed by atoms with Gasteiger partial charge in [0.25, 0.3) is 0 Å². The Kier molecular flexibility index (Phi) is 7.80. The molecule has 0 aromatic heterocycles. The van der Waals surface area contributed by atoms with E-state index in [1.807, 2.05) is 18.9 Å². The Morgan fingerprint density at radius 1 is 1.35 bits per heavy atom. The fraction of sp³-hybridized carbons (Fsp3) is 0.923. The molecular weight excluding hydrogens is 236 g/mol. The number of nitrogens with two attached hydrogens (primary N) is 1. The molecule has 1 saturated carbocycles. The number of hydrogen-bond donors (Lipinski definition) is 1. The summed E-state index contributed by atoms with van der Waals surface area (Å²) < 4.78 is 0. The number of nitrogens with zero attached hydrogens (tertiary/aromatic N) is 1. The highest BCUT2D eigenvalue weighted by Gasteiger charge is 2.25. The molecule has 1 amide bonds. The number of amides is 1. The summed E-state index contributed by atoms with van der Waals surface area (Å²) in [6.45, 7) is 4.15. The largest absolute Gasteiger partial charge is 0.343 e. The highest BCUT2D eigenvalue weighted by atomic mass is 35.5. The molecule has 0 bridgehead atoms. The van der Waals surface area contributed by atoms with Crippen LogP contribution in [0.15, 0.2) is 0 Å². The number of halogens is 1. The first kappa shape index (κ1) is 16.7. The second kappa shape index (κ2) is 7.93. The van der Waals surface area contributed by atoms with Gasteiger partial charge < -0.3 is 10.6 Å². The summed E-state index contributed by atoms with van der Waals surface area (Å²) in [5.74, 6) is 1.09. The third-order valence-electron chi connectivity index (χ3n) is 3.83. The lowest BCUT2D eigenvalue weighted by Crippen LogP contribution is -2.41. The third kappa shape index (κ3) is 5.26. The van der Waals surface area contributed by atoms with Gasteiger partial charge in [-0.1, -0.05) is 13.3 Å². The molecule has 1 unspecified atom stereocenters. The molecule has 1 fully saturated rings. The van der Waals surface area contributed by atoms with Crippen molar-refractivity contribution in [2.45, 2.75) is 64.5 Å². The minimum absolute atomic E-state index is 0. The first-order chi connectivity index (χ1) is 7.54. The first-order valence-corrected chi connectivity index (χ1v) is 6.55. The highest BCUT2D eigenvalue weighted by Crippen LogP contribution is 2.29. The maximum Gasteiger partial charge on any atom is 0.224 e. The van der Waals surface area contributed by atoms with Crippen molar-refractivity contribution < 1.29 is 4.79 Å². The van der Waals surface area contributed by atoms with Gasteiger partial charge >= 0.3 is 0 Å². The molecule has 0 radical (unpaired) electrons. The Bertz CT molecular complexity index is 225. The van der Waals surface area contributed by atoms with Crippen molar-refractivity contribution in [2.24, 2.45) is 11.7 Å². The Labute approximate surface area is 112 Å². The van der Waals surface area contributed by atoms with E-state index in [2.05, 4.69) is 6.92 Å². The molecule has 1 atom stereocenters. The van der Waals surface area contributed by atoms with Gasteiger partial charge in [-0.2, -0.15) is 0 Å². The van der Waals surface area contributed by atoms with Crippen LogP contribution in [0.4, 0.5) is 0 Å². The summed E-state index contributed by atoms with van der Waals surface area (Å²) in [5.41, 5.74) is 5.66. The van der Waals surface area contributed by atoms with Crippen LogP contribution in [0.1, 0.15) is 52.4 Å². The molecule has 1 aliphatic carbocycles. The maximum atomic E-state index is 11.8. The zero-order chi connectivity index (χ0) is 12.1. The average Bonchev–Trinajstić information content (AvgIpc) is 2.27. The van der Waals surface area contributed by atoms with Gasteiger partial charge in [-0.3, -0.25) is 4.79 Å². The molecule has 0 aromatic rings. The van der Waals surface area contributed by atoms with Gasteiger partial charge in [0.15, 0.2) is 0 Å². The van der Waals surface area contributed by atoms with Gasteiger partial charge in [0.05, 0.1) is 0 Å². The lowest BCUT2D eigenvalue weighted by atomic mass is 9.84. The highest BCUT2D eigenvalue weighted by molar-refractivity contribution is 5.85. The molecule has 0 aromatic carbocycles. The number of carbonyl (C=O) groups excluding carboxylic acids is 1. The van der Waals surface area contributed by atoms with Crippen molar-refractivity contribution >= 4 is 18.3 Å². The molecule has 0 saturated heterocycles. The maximum absolute atomic E-state index is 11.8. The smallest absolute Gasteiger partial charge is 0.224 e. The van der Waals surface area contributed by atoms with E-state index < -0.39 is 0 Å². The molecule has 0 spiro atoms. The van der Waals surface area contributed by atoms with E-state index >= 15 is 0 Å². The van der Waals surface area contributed by atoms with Crippen molar-refractivity contribution in [2.75, 3.05) is 7.05 Å². The van der Waals surface area contributed by atoms with Gasteiger partial charge in [-0.15, -0.1) is 12.4 Å². The van der Waals surface area contributed by atoms with Crippen LogP contribution in [-0.4, -0.2) is 29.9 Å². The minimum atomic E-state index is -0.0260. The van der Waals surface area contributed by atoms with E-state index in [-0.39, 0.29) is 24.4 Å². The zero-order valence-corrected chi connectivity index (χ0v) is 12.1. The molecule has 4 heteroatoms. The molecule has 0 aliphatic heterocycles. The summed E-state index contributed by atoms with van der Waals surface area (Å²) in [4.78, 5) is 13.8. The summed E-state index contributed by atoms with van der Waals surface area (Å²) in [7, 11) is 1.93. The predicted octanol–water partition coefficient (Wildman–Crippen LogP) is 2.57. The van der Waals surface area contributed by atoms with E-state index in [4.69, 9.17) is 5.73 Å². The normalized spacial score (nSPS) is 25.9. The van der Waals surface area contributed by atoms with Gasteiger partial charge in [0, 0.05) is 25.6 Å². The molecule has 17 heavy (non-hydrogen) atoms. The fourth-order valence-electron chi connectivity index (χ4n) is 2.56. The van der Waals surface area contributed by atoms with Gasteiger partial charge in [0.2, 0.25) is 5.91 Å². The zero-order valence-electron chi connectivity index (χ0n) is 11.3. The van der Waals surface area contributed by atoms with Crippen molar-refractivity contribution in [1.29, 1.82) is 0 Å². The first-order valence-electron chi connectivity index (χ1n) is 6.55. The number of carbonyl (C=O) groups is 1. The molecule has 1 rings (SSSR count). The van der Waals surface area contributed by atoms with Crippen LogP contribution in [0.3, 0.4) is 0 Å². The van der Waals surface area contributed by atoms with E-state index in [0.717, 1.165) is 5.92 Å². The van der Waals surface area contributed by atoms with E-state index in [1.54, 1.807) is 0 Å². The van der Waals surface area contributed by atoms with E-state index in [9.17, 15) is 4.79 Å². The Balaban J connectivity index is 0.00000256. The standard InChI is InChI=1S/C13H26N2O.ClH/c1-4-11-5-7-12(8-6-11)15(3)13(16)9-10(2)14;/h10-12H,4-9,14H2,1-3H3;1H. The molecule has 1 aliphatic rings. The summed E-state index contributed by atoms with van der Waals surface area (Å²) in [6, 6.07) is 0.427. The van der Waals surface area contributed by atoms with Crippen molar-refractivity contribution in [3.8, 4) is 0 Å². The van der Waals surface area contributed by atoms with E-state index in [1.165, 1.54) is 32.1 Å². The fourth-order valence-corrected chi connectivity index (χ4v) is 2.56. The molecular formula is C13H27ClN2O. The molecule has 102 valence electrons. The van der Waals surface area contributed by atoms with E-state index in [0.29, 0.717) is 12.5 Å². The van der Waals surface area contributed by atoms with Crippen LogP contribution in [-0.2, 0) is 4.79 Å². The van der Waals surface area contributed by atoms with Crippen molar-refractivity contribution in [3.05, 3.63) is 0 Å². The van der Waals surface area contributed by atoms with Gasteiger partial charge in [-0.05, 0) is 38.5 Å². The predicted molar refractivity (Wildman–Crippen MR) is 74.3 cm³/mol. The second-order valence-electron chi connectivity index (χ2n) is 5.27. The summed E-state index contributed by atoms with van der Waals surface area (Å²) in [6.07, 6.45) is 6.64. The molecule has 2 N–H and O–H groups in total. The van der Waals surface area contributed by atoms with Crippen LogP contribution in [0.25, 0.3) is 0 Å². The SMILES string of the molecule is CCC1CCC(N(C)C(=O)CC(C)N)CC1.Cl. The molecule has 0 heterocycles. The number of rotatable bonds is 4. The Morgan fingerprint density at radius 3 is 2.29 bits per heavy atom. The quantitative estimate of drug-likeness (QED) is 0.847. The lowest BCUT2D eigenvalue weighted by molar-refractivity contribution is -0.133. The topological polar surface area (TPSA) is 46.3 Å². The molecule has 3 nitrogen and oxygen atoms in total. The average molecular weight is 263 g/mol. The van der Waals surface area contributed by atoms with Gasteiger partial charge in [-0.25, -0.2) is 0 Å². The number of hydrogen-bond acceptors (Lipinski definition) is 2. The van der Waals surface area contributed by atoms with Crippen LogP contribution >= 0.6 is 12.4 Å². The van der Waals surface area contributed by atoms with Gasteiger partial charge in [0.1, 0.15) is 0 Å². The summed E-state index contributed by atoms with van der Waals surface area (Å²) >= 11 is 0. The third-order valence-corrected chi connectivity index (χ3v) is 3.83. The van der Waals surface area contributed by atoms with Crippen LogP contribution in [0.2, 0.25) is 0 Å². The lowest BCUT2D eigenvalue weighted by Gasteiger charge is -2.34. The van der Waals surface area contributed by atoms with Crippen molar-refractivity contribution in [1.82, 2.24) is 4.90 Å². The second-order valence-corrected chi connectivity index (χ2v) is 5.27. The van der Waals surface area contributed by atoms with Crippen LogP contribution < -0.4 is 5.73 Å². The minimum Gasteiger partial charge on any atom is -0.343 e. The monoisotopic (exact) mass is 262 g/mol. The van der Waals surface area contributed by atoms with Crippen molar-refractivity contribution in [3.63, 3.8) is 0 Å².